The number of anilines is 3. The lowest BCUT2D eigenvalue weighted by molar-refractivity contribution is 0.0324. The minimum absolute atomic E-state index is 0.0458. The van der Waals surface area contributed by atoms with Crippen molar-refractivity contribution in [2.45, 2.75) is 64.6 Å². The van der Waals surface area contributed by atoms with Gasteiger partial charge in [-0.05, 0) is 57.9 Å². The third-order valence-corrected chi connectivity index (χ3v) is 9.57. The minimum atomic E-state index is -0.240. The number of nitrogens with zero attached hydrogens (tertiary/aromatic N) is 6. The number of Topliss-reactive ketones (excluding diaryl/α,β-unsaturated/α-hetero) is 1. The molecule has 0 bridgehead atoms. The summed E-state index contributed by atoms with van der Waals surface area (Å²) in [4.78, 5) is 43.0. The Hall–Kier alpha value is -3.50. The molecule has 0 amide bonds. The second-order valence-corrected chi connectivity index (χ2v) is 12.4. The Morgan fingerprint density at radius 1 is 1.05 bits per heavy atom. The van der Waals surface area contributed by atoms with E-state index in [-0.39, 0.29) is 22.9 Å². The Labute approximate surface area is 240 Å². The molecule has 3 aliphatic heterocycles. The first-order valence-electron chi connectivity index (χ1n) is 14.9. The van der Waals surface area contributed by atoms with Gasteiger partial charge in [-0.15, -0.1) is 0 Å². The normalized spacial score (nSPS) is 21.9. The predicted octanol–water partition coefficient (Wildman–Crippen LogP) is 3.67. The highest BCUT2D eigenvalue weighted by atomic mass is 16.5. The van der Waals surface area contributed by atoms with E-state index in [2.05, 4.69) is 45.0 Å². The van der Waals surface area contributed by atoms with E-state index in [0.29, 0.717) is 35.8 Å². The maximum atomic E-state index is 13.5. The van der Waals surface area contributed by atoms with Crippen molar-refractivity contribution in [2.24, 2.45) is 0 Å². The van der Waals surface area contributed by atoms with Crippen LogP contribution >= 0.6 is 0 Å². The number of ether oxygens (including phenoxy) is 1. The van der Waals surface area contributed by atoms with Crippen LogP contribution in [-0.4, -0.2) is 88.6 Å². The smallest absolute Gasteiger partial charge is 0.263 e. The number of hydrogen-bond acceptors (Lipinski definition) is 9. The summed E-state index contributed by atoms with van der Waals surface area (Å²) in [5.41, 5.74) is 4.42. The van der Waals surface area contributed by atoms with Crippen molar-refractivity contribution >= 4 is 34.1 Å². The monoisotopic (exact) mass is 557 g/mol. The van der Waals surface area contributed by atoms with Crippen LogP contribution in [0.3, 0.4) is 0 Å². The number of pyridine rings is 1. The molecular formula is C31H39N7O3. The van der Waals surface area contributed by atoms with Crippen LogP contribution in [0.2, 0.25) is 0 Å². The summed E-state index contributed by atoms with van der Waals surface area (Å²) >= 11 is 0. The molecular weight excluding hydrogens is 518 g/mol. The van der Waals surface area contributed by atoms with Gasteiger partial charge < -0.3 is 19.9 Å². The van der Waals surface area contributed by atoms with Gasteiger partial charge in [0.25, 0.3) is 5.56 Å². The minimum Gasteiger partial charge on any atom is -0.489 e. The standard InChI is InChI=1S/C31H39N7O3/c1-18-11-21(12-26-28(18)37-10-9-36(16-24(37)17-41-26)23-14-35(4)15-23)33-31-32-13-25-19(2)27(20(3)39)30(40)38(29(25)34-31)22-7-5-6-8-22/h11-13,22-24H,5-10,14-17H2,1-4H3,(H,32,33,34)/t24-/m0/s1. The van der Waals surface area contributed by atoms with Crippen LogP contribution in [0.4, 0.5) is 17.3 Å². The van der Waals surface area contributed by atoms with Gasteiger partial charge in [0.2, 0.25) is 5.95 Å². The molecule has 3 aromatic rings. The number of carbonyl (C=O) groups is 1. The van der Waals surface area contributed by atoms with Gasteiger partial charge in [-0.1, -0.05) is 12.8 Å². The number of aromatic nitrogens is 3. The van der Waals surface area contributed by atoms with Crippen LogP contribution in [0.25, 0.3) is 11.0 Å². The summed E-state index contributed by atoms with van der Waals surface area (Å²) in [5, 5.41) is 4.12. The quantitative estimate of drug-likeness (QED) is 0.472. The molecule has 10 nitrogen and oxygen atoms in total. The molecule has 216 valence electrons. The molecule has 1 aromatic carbocycles. The summed E-state index contributed by atoms with van der Waals surface area (Å²) < 4.78 is 8.09. The number of piperazine rings is 1. The van der Waals surface area contributed by atoms with Crippen LogP contribution in [0, 0.1) is 13.8 Å². The third kappa shape index (κ3) is 4.48. The molecule has 0 unspecified atom stereocenters. The zero-order chi connectivity index (χ0) is 28.4. The Kier molecular flexibility index (Phi) is 6.50. The lowest BCUT2D eigenvalue weighted by Crippen LogP contribution is -2.65. The first-order valence-corrected chi connectivity index (χ1v) is 14.9. The summed E-state index contributed by atoms with van der Waals surface area (Å²) in [6, 6.07) is 5.23. The second-order valence-electron chi connectivity index (χ2n) is 12.4. The van der Waals surface area contributed by atoms with Gasteiger partial charge in [0.15, 0.2) is 5.78 Å². The Bertz CT molecular complexity index is 1590. The predicted molar refractivity (Wildman–Crippen MR) is 160 cm³/mol. The molecule has 2 aromatic heterocycles. The highest BCUT2D eigenvalue weighted by Crippen LogP contribution is 2.41. The number of likely N-dealkylation sites (N-methyl/N-ethyl adjacent to an activating group) is 1. The van der Waals surface area contributed by atoms with E-state index in [4.69, 9.17) is 9.72 Å². The van der Waals surface area contributed by atoms with Crippen molar-refractivity contribution in [3.63, 3.8) is 0 Å². The van der Waals surface area contributed by atoms with Gasteiger partial charge in [-0.2, -0.15) is 4.98 Å². The van der Waals surface area contributed by atoms with Crippen LogP contribution in [0.1, 0.15) is 60.1 Å². The van der Waals surface area contributed by atoms with Crippen LogP contribution < -0.4 is 20.5 Å². The number of benzene rings is 1. The summed E-state index contributed by atoms with van der Waals surface area (Å²) in [6.45, 7) is 11.5. The molecule has 0 radical (unpaired) electrons. The number of ketones is 1. The first kappa shape index (κ1) is 26.4. The molecule has 7 rings (SSSR count). The van der Waals surface area contributed by atoms with Crippen LogP contribution in [-0.2, 0) is 0 Å². The van der Waals surface area contributed by atoms with E-state index in [1.54, 1.807) is 10.8 Å². The Morgan fingerprint density at radius 2 is 1.83 bits per heavy atom. The van der Waals surface area contributed by atoms with Gasteiger partial charge in [0.1, 0.15) is 18.0 Å². The lowest BCUT2D eigenvalue weighted by atomic mass is 10.0. The van der Waals surface area contributed by atoms with E-state index in [1.807, 2.05) is 13.0 Å². The van der Waals surface area contributed by atoms with Crippen molar-refractivity contribution < 1.29 is 9.53 Å². The van der Waals surface area contributed by atoms with E-state index < -0.39 is 0 Å². The van der Waals surface area contributed by atoms with Crippen molar-refractivity contribution in [1.29, 1.82) is 0 Å². The fraction of sp³-hybridized carbons (Fsp3) is 0.548. The molecule has 5 heterocycles. The number of fused-ring (bicyclic) bond motifs is 4. The highest BCUT2D eigenvalue weighted by Gasteiger charge is 2.39. The van der Waals surface area contributed by atoms with E-state index in [9.17, 15) is 9.59 Å². The first-order chi connectivity index (χ1) is 19.8. The van der Waals surface area contributed by atoms with Gasteiger partial charge in [-0.3, -0.25) is 19.1 Å². The van der Waals surface area contributed by atoms with Crippen LogP contribution in [0.15, 0.2) is 23.1 Å². The Morgan fingerprint density at radius 3 is 2.56 bits per heavy atom. The number of nitrogens with one attached hydrogen (secondary N) is 1. The molecule has 1 saturated carbocycles. The largest absolute Gasteiger partial charge is 0.489 e. The third-order valence-electron chi connectivity index (χ3n) is 9.57. The number of hydrogen-bond donors (Lipinski definition) is 1. The van der Waals surface area contributed by atoms with Gasteiger partial charge >= 0.3 is 0 Å². The zero-order valence-corrected chi connectivity index (χ0v) is 24.4. The maximum Gasteiger partial charge on any atom is 0.263 e. The van der Waals surface area contributed by atoms with Crippen molar-refractivity contribution in [3.8, 4) is 5.75 Å². The second kappa shape index (κ2) is 10.1. The van der Waals surface area contributed by atoms with Gasteiger partial charge in [0, 0.05) is 68.1 Å². The summed E-state index contributed by atoms with van der Waals surface area (Å²) in [6.07, 6.45) is 5.70. The van der Waals surface area contributed by atoms with Gasteiger partial charge in [0.05, 0.1) is 17.3 Å². The van der Waals surface area contributed by atoms with Crippen molar-refractivity contribution in [1.82, 2.24) is 24.3 Å². The molecule has 10 heteroatoms. The maximum absolute atomic E-state index is 13.5. The Balaban J connectivity index is 1.19. The molecule has 2 saturated heterocycles. The molecule has 0 spiro atoms. The number of likely N-dealkylation sites (tertiary alicyclic amines) is 1. The zero-order valence-electron chi connectivity index (χ0n) is 24.4. The molecule has 1 atom stereocenters. The number of carbonyl (C=O) groups excluding carboxylic acids is 1. The highest BCUT2D eigenvalue weighted by molar-refractivity contribution is 5.99. The van der Waals surface area contributed by atoms with Crippen molar-refractivity contribution in [3.05, 3.63) is 45.4 Å². The van der Waals surface area contributed by atoms with Crippen molar-refractivity contribution in [2.75, 3.05) is 56.6 Å². The molecule has 41 heavy (non-hydrogen) atoms. The number of rotatable bonds is 5. The van der Waals surface area contributed by atoms with Crippen LogP contribution in [0.5, 0.6) is 5.75 Å². The lowest BCUT2D eigenvalue weighted by Gasteiger charge is -2.51. The molecule has 1 aliphatic carbocycles. The summed E-state index contributed by atoms with van der Waals surface area (Å²) in [7, 11) is 2.19. The average Bonchev–Trinajstić information content (AvgIpc) is 3.45. The number of aryl methyl sites for hydroxylation is 2. The van der Waals surface area contributed by atoms with E-state index >= 15 is 0 Å². The summed E-state index contributed by atoms with van der Waals surface area (Å²) in [5.74, 6) is 1.09. The molecule has 1 N–H and O–H groups in total. The fourth-order valence-electron chi connectivity index (χ4n) is 7.47. The average molecular weight is 558 g/mol. The van der Waals surface area contributed by atoms with E-state index in [1.165, 1.54) is 12.6 Å². The topological polar surface area (TPSA) is 95.8 Å². The molecule has 4 aliphatic rings. The molecule has 3 fully saturated rings. The fourth-order valence-corrected chi connectivity index (χ4v) is 7.47. The SMILES string of the molecule is CC(=O)c1c(C)c2cnc(Nc3cc(C)c4c(c3)OC[C@@H]3CN(C5CN(C)C5)CCN43)nc2n(C2CCCC2)c1=O. The van der Waals surface area contributed by atoms with Gasteiger partial charge in [-0.25, -0.2) is 4.98 Å². The van der Waals surface area contributed by atoms with E-state index in [0.717, 1.165) is 80.8 Å².